The Morgan fingerprint density at radius 2 is 2.06 bits per heavy atom. The average molecular weight is 250 g/mol. The number of rotatable bonds is 0. The van der Waals surface area contributed by atoms with Crippen molar-refractivity contribution in [1.82, 2.24) is 15.1 Å². The molecule has 0 aromatic heterocycles. The van der Waals surface area contributed by atoms with E-state index in [9.17, 15) is 4.79 Å². The summed E-state index contributed by atoms with van der Waals surface area (Å²) in [6, 6.07) is 0. The number of carbonyl (C=O) groups is 1. The largest absolute Gasteiger partial charge is 0.465 e. The molecule has 0 aromatic rings. The zero-order valence-electron chi connectivity index (χ0n) is 10.2. The summed E-state index contributed by atoms with van der Waals surface area (Å²) in [5, 5.41) is 12.6. The van der Waals surface area contributed by atoms with E-state index in [4.69, 9.17) is 5.11 Å². The third-order valence-electron chi connectivity index (χ3n) is 4.18. The molecule has 1 amide bonds. The van der Waals surface area contributed by atoms with Crippen molar-refractivity contribution in [2.75, 3.05) is 19.6 Å². The summed E-state index contributed by atoms with van der Waals surface area (Å²) in [5.74, 6) is 0. The smallest absolute Gasteiger partial charge is 0.407 e. The third kappa shape index (κ3) is 1.96. The molecule has 6 nitrogen and oxygen atoms in total. The molecule has 0 radical (unpaired) electrons. The first-order valence-corrected chi connectivity index (χ1v) is 6.40. The van der Waals surface area contributed by atoms with Crippen LogP contribution in [0.1, 0.15) is 19.3 Å². The van der Waals surface area contributed by atoms with Gasteiger partial charge in [-0.05, 0) is 25.3 Å². The van der Waals surface area contributed by atoms with Crippen LogP contribution >= 0.6 is 0 Å². The van der Waals surface area contributed by atoms with Gasteiger partial charge < -0.3 is 14.9 Å². The molecule has 3 aliphatic rings. The zero-order chi connectivity index (χ0) is 12.6. The van der Waals surface area contributed by atoms with Crippen LogP contribution in [-0.2, 0) is 0 Å². The summed E-state index contributed by atoms with van der Waals surface area (Å²) in [7, 11) is 0. The molecule has 3 rings (SSSR count). The highest BCUT2D eigenvalue weighted by molar-refractivity contribution is 5.71. The quantitative estimate of drug-likeness (QED) is 0.663. The molecule has 2 N–H and O–H groups in total. The number of allylic oxidation sites excluding steroid dienone is 1. The van der Waals surface area contributed by atoms with Crippen LogP contribution in [0.3, 0.4) is 0 Å². The van der Waals surface area contributed by atoms with Crippen LogP contribution in [0.2, 0.25) is 0 Å². The van der Waals surface area contributed by atoms with E-state index in [1.165, 1.54) is 4.90 Å². The lowest BCUT2D eigenvalue weighted by molar-refractivity contribution is 0.0458. The van der Waals surface area contributed by atoms with Gasteiger partial charge in [-0.3, -0.25) is 10.3 Å². The fraction of sp³-hybridized carbons (Fsp3) is 0.667. The highest BCUT2D eigenvalue weighted by atomic mass is 16.4. The normalized spacial score (nSPS) is 29.4. The number of hydrogen-bond donors (Lipinski definition) is 2. The van der Waals surface area contributed by atoms with Gasteiger partial charge >= 0.3 is 6.09 Å². The van der Waals surface area contributed by atoms with Gasteiger partial charge in [0.1, 0.15) is 0 Å². The van der Waals surface area contributed by atoms with Gasteiger partial charge in [-0.15, -0.1) is 0 Å². The maximum atomic E-state index is 10.9. The molecule has 0 aromatic carbocycles. The minimum absolute atomic E-state index is 0.0279. The molecule has 3 heterocycles. The standard InChI is InChI=1S/C12H18N4O2/c17-11(18)16-8-3-12(4-9-16)2-7-15-6-1-5-13-10(15)14-12/h1,5-6,10,14H,2-4,7-9H2,(H,17,18). The van der Waals surface area contributed by atoms with Crippen LogP contribution in [0.25, 0.3) is 0 Å². The maximum Gasteiger partial charge on any atom is 0.407 e. The van der Waals surface area contributed by atoms with Crippen LogP contribution in [0.15, 0.2) is 17.3 Å². The lowest BCUT2D eigenvalue weighted by Gasteiger charge is -2.49. The number of hydrogen-bond acceptors (Lipinski definition) is 4. The van der Waals surface area contributed by atoms with Gasteiger partial charge in [0.2, 0.25) is 0 Å². The Labute approximate surface area is 106 Å². The second-order valence-electron chi connectivity index (χ2n) is 5.20. The molecular weight excluding hydrogens is 232 g/mol. The molecule has 2 fully saturated rings. The van der Waals surface area contributed by atoms with E-state index in [0.29, 0.717) is 13.1 Å². The highest BCUT2D eigenvalue weighted by Crippen LogP contribution is 2.31. The maximum absolute atomic E-state index is 10.9. The first-order chi connectivity index (χ1) is 8.69. The van der Waals surface area contributed by atoms with E-state index in [-0.39, 0.29) is 11.8 Å². The van der Waals surface area contributed by atoms with Gasteiger partial charge in [0.05, 0.1) is 0 Å². The van der Waals surface area contributed by atoms with Crippen molar-refractivity contribution in [3.05, 3.63) is 12.3 Å². The Bertz CT molecular complexity index is 399. The Morgan fingerprint density at radius 1 is 1.33 bits per heavy atom. The van der Waals surface area contributed by atoms with Crippen LogP contribution in [-0.4, -0.2) is 58.7 Å². The van der Waals surface area contributed by atoms with Crippen molar-refractivity contribution in [2.24, 2.45) is 4.99 Å². The minimum Gasteiger partial charge on any atom is -0.465 e. The molecular formula is C12H18N4O2. The van der Waals surface area contributed by atoms with Gasteiger partial charge in [0, 0.05) is 37.6 Å². The van der Waals surface area contributed by atoms with E-state index in [2.05, 4.69) is 21.4 Å². The van der Waals surface area contributed by atoms with Crippen LogP contribution in [0.5, 0.6) is 0 Å². The zero-order valence-corrected chi connectivity index (χ0v) is 10.2. The molecule has 0 saturated carbocycles. The average Bonchev–Trinajstić information content (AvgIpc) is 2.39. The van der Waals surface area contributed by atoms with E-state index in [1.807, 2.05) is 12.3 Å². The van der Waals surface area contributed by atoms with E-state index in [1.54, 1.807) is 0 Å². The van der Waals surface area contributed by atoms with Gasteiger partial charge in [-0.2, -0.15) is 0 Å². The van der Waals surface area contributed by atoms with Crippen LogP contribution < -0.4 is 5.32 Å². The molecule has 1 spiro atoms. The topological polar surface area (TPSA) is 68.2 Å². The molecule has 1 unspecified atom stereocenters. The van der Waals surface area contributed by atoms with E-state index < -0.39 is 6.09 Å². The fourth-order valence-electron chi connectivity index (χ4n) is 2.97. The van der Waals surface area contributed by atoms with Gasteiger partial charge in [-0.25, -0.2) is 4.79 Å². The molecule has 2 saturated heterocycles. The molecule has 0 aliphatic carbocycles. The Balaban J connectivity index is 1.66. The SMILES string of the molecule is O=C(O)N1CCC2(CC1)CCN1C=CC=NC1N2. The van der Waals surface area contributed by atoms with Crippen molar-refractivity contribution in [2.45, 2.75) is 31.1 Å². The summed E-state index contributed by atoms with van der Waals surface area (Å²) in [4.78, 5) is 19.0. The molecule has 0 bridgehead atoms. The third-order valence-corrected chi connectivity index (χ3v) is 4.18. The number of nitrogens with one attached hydrogen (secondary N) is 1. The second-order valence-corrected chi connectivity index (χ2v) is 5.20. The summed E-state index contributed by atoms with van der Waals surface area (Å²) in [6.45, 7) is 2.22. The number of piperidine rings is 1. The van der Waals surface area contributed by atoms with Crippen molar-refractivity contribution in [3.8, 4) is 0 Å². The lowest BCUT2D eigenvalue weighted by Crippen LogP contribution is -2.64. The number of carboxylic acid groups (broad SMARTS) is 1. The Kier molecular flexibility index (Phi) is 2.74. The highest BCUT2D eigenvalue weighted by Gasteiger charge is 2.41. The number of amides is 1. The lowest BCUT2D eigenvalue weighted by atomic mass is 9.83. The summed E-state index contributed by atoms with van der Waals surface area (Å²) >= 11 is 0. The van der Waals surface area contributed by atoms with Crippen molar-refractivity contribution in [1.29, 1.82) is 0 Å². The van der Waals surface area contributed by atoms with Crippen molar-refractivity contribution < 1.29 is 9.90 Å². The summed E-state index contributed by atoms with van der Waals surface area (Å²) in [6.07, 6.45) is 7.86. The predicted octanol–water partition coefficient (Wildman–Crippen LogP) is 0.676. The molecule has 18 heavy (non-hydrogen) atoms. The Hall–Kier alpha value is -1.56. The van der Waals surface area contributed by atoms with Crippen LogP contribution in [0, 0.1) is 0 Å². The minimum atomic E-state index is -0.805. The predicted molar refractivity (Wildman–Crippen MR) is 67.4 cm³/mol. The van der Waals surface area contributed by atoms with Crippen molar-refractivity contribution >= 4 is 12.3 Å². The molecule has 1 atom stereocenters. The first-order valence-electron chi connectivity index (χ1n) is 6.40. The first kappa shape index (κ1) is 11.5. The summed E-state index contributed by atoms with van der Waals surface area (Å²) < 4.78 is 0. The Morgan fingerprint density at radius 3 is 2.78 bits per heavy atom. The van der Waals surface area contributed by atoms with Gasteiger partial charge in [0.15, 0.2) is 6.29 Å². The number of fused-ring (bicyclic) bond motifs is 1. The number of likely N-dealkylation sites (tertiary alicyclic amines) is 1. The molecule has 3 aliphatic heterocycles. The van der Waals surface area contributed by atoms with E-state index >= 15 is 0 Å². The monoisotopic (exact) mass is 250 g/mol. The van der Waals surface area contributed by atoms with Gasteiger partial charge in [0.25, 0.3) is 0 Å². The molecule has 6 heteroatoms. The number of aliphatic imine (C=N–C) groups is 1. The molecule has 98 valence electrons. The second kappa shape index (κ2) is 4.28. The summed E-state index contributed by atoms with van der Waals surface area (Å²) in [5.41, 5.74) is 0.0651. The van der Waals surface area contributed by atoms with Crippen molar-refractivity contribution in [3.63, 3.8) is 0 Å². The fourth-order valence-corrected chi connectivity index (χ4v) is 2.97. The van der Waals surface area contributed by atoms with E-state index in [0.717, 1.165) is 25.8 Å². The van der Waals surface area contributed by atoms with Crippen LogP contribution in [0.4, 0.5) is 4.79 Å². The van der Waals surface area contributed by atoms with Gasteiger partial charge in [-0.1, -0.05) is 0 Å². The number of nitrogens with zero attached hydrogens (tertiary/aromatic N) is 3.